The van der Waals surface area contributed by atoms with Gasteiger partial charge >= 0.3 is 92.6 Å². The van der Waals surface area contributed by atoms with Crippen LogP contribution in [0.15, 0.2) is 30.3 Å². The van der Waals surface area contributed by atoms with Gasteiger partial charge in [-0.3, -0.25) is 0 Å². The zero-order chi connectivity index (χ0) is 9.38. The molecule has 0 N–H and O–H groups in total. The molecular formula is C11H14INO. The summed E-state index contributed by atoms with van der Waals surface area (Å²) in [7, 11) is 0. The average Bonchev–Trinajstić information content (AvgIpc) is 2.55. The number of halogens is 1. The predicted molar refractivity (Wildman–Crippen MR) is 64.8 cm³/mol. The zero-order valence-corrected chi connectivity index (χ0v) is 10.2. The molecule has 14 heavy (non-hydrogen) atoms. The third-order valence-corrected chi connectivity index (χ3v) is 7.78. The van der Waals surface area contributed by atoms with E-state index in [1.165, 1.54) is 29.5 Å². The fourth-order valence-corrected chi connectivity index (χ4v) is 7.10. The Labute approximate surface area is 92.5 Å². The second-order valence-electron chi connectivity index (χ2n) is 3.75. The first-order valence-corrected chi connectivity index (χ1v) is 8.03. The number of hydrogen-bond donors (Lipinski definition) is 0. The molecule has 2 aliphatic heterocycles. The Morgan fingerprint density at radius 3 is 2.93 bits per heavy atom. The van der Waals surface area contributed by atoms with E-state index in [9.17, 15) is 0 Å². The van der Waals surface area contributed by atoms with Crippen LogP contribution in [-0.2, 0) is 3.07 Å². The molecule has 0 spiro atoms. The van der Waals surface area contributed by atoms with E-state index < -0.39 is 20.5 Å². The minimum atomic E-state index is -1.40. The van der Waals surface area contributed by atoms with Crippen molar-refractivity contribution in [3.63, 3.8) is 0 Å². The van der Waals surface area contributed by atoms with Crippen molar-refractivity contribution in [2.24, 2.45) is 0 Å². The summed E-state index contributed by atoms with van der Waals surface area (Å²) >= 11 is -1.40. The Hall–Kier alpha value is -0.130. The Kier molecular flexibility index (Phi) is 2.47. The number of hydrogen-bond acceptors (Lipinski definition) is 2. The van der Waals surface area contributed by atoms with Crippen LogP contribution >= 0.6 is 20.5 Å². The Morgan fingerprint density at radius 1 is 1.29 bits per heavy atom. The van der Waals surface area contributed by atoms with Crippen molar-refractivity contribution in [3.05, 3.63) is 33.9 Å². The van der Waals surface area contributed by atoms with Crippen LogP contribution in [0.4, 0.5) is 0 Å². The molecule has 2 fully saturated rings. The zero-order valence-electron chi connectivity index (χ0n) is 8.03. The molecule has 1 aromatic rings. The normalized spacial score (nSPS) is 33.3. The standard InChI is InChI=1S/C11H14INO/c1-2-5-10(6-3-1)12-13-8-4-7-11(9-13)14-12/h1-3,5-6,11H,4,7-9H2. The molecule has 3 rings (SSSR count). The van der Waals surface area contributed by atoms with Gasteiger partial charge in [0.2, 0.25) is 0 Å². The topological polar surface area (TPSA) is 12.5 Å². The van der Waals surface area contributed by atoms with E-state index in [2.05, 4.69) is 33.4 Å². The number of piperidine rings is 1. The van der Waals surface area contributed by atoms with Gasteiger partial charge in [0, 0.05) is 0 Å². The van der Waals surface area contributed by atoms with Crippen LogP contribution in [0, 0.1) is 3.57 Å². The molecular weight excluding hydrogens is 289 g/mol. The molecule has 2 atom stereocenters. The molecule has 0 amide bonds. The van der Waals surface area contributed by atoms with Crippen molar-refractivity contribution in [2.75, 3.05) is 13.1 Å². The number of rotatable bonds is 1. The van der Waals surface area contributed by atoms with Crippen molar-refractivity contribution in [2.45, 2.75) is 18.9 Å². The quantitative estimate of drug-likeness (QED) is 0.584. The molecule has 0 aliphatic carbocycles. The predicted octanol–water partition coefficient (Wildman–Crippen LogP) is 2.69. The van der Waals surface area contributed by atoms with E-state index in [0.29, 0.717) is 6.10 Å². The summed E-state index contributed by atoms with van der Waals surface area (Å²) in [4.78, 5) is 0. The van der Waals surface area contributed by atoms with Crippen molar-refractivity contribution >= 4 is 20.5 Å². The summed E-state index contributed by atoms with van der Waals surface area (Å²) in [6, 6.07) is 10.8. The molecule has 2 unspecified atom stereocenters. The molecule has 0 aromatic heterocycles. The first-order chi connectivity index (χ1) is 6.93. The number of nitrogens with zero attached hydrogens (tertiary/aromatic N) is 1. The van der Waals surface area contributed by atoms with Crippen LogP contribution in [0.3, 0.4) is 0 Å². The molecule has 2 aliphatic rings. The Bertz CT molecular complexity index is 316. The monoisotopic (exact) mass is 303 g/mol. The fraction of sp³-hybridized carbons (Fsp3) is 0.455. The van der Waals surface area contributed by atoms with Crippen LogP contribution < -0.4 is 0 Å². The van der Waals surface area contributed by atoms with E-state index in [1.807, 2.05) is 0 Å². The van der Waals surface area contributed by atoms with Gasteiger partial charge < -0.3 is 0 Å². The van der Waals surface area contributed by atoms with E-state index in [-0.39, 0.29) is 0 Å². The molecule has 2 saturated heterocycles. The fourth-order valence-electron chi connectivity index (χ4n) is 1.99. The van der Waals surface area contributed by atoms with Gasteiger partial charge in [-0.05, 0) is 0 Å². The summed E-state index contributed by atoms with van der Waals surface area (Å²) in [5.41, 5.74) is 0. The number of benzene rings is 1. The third-order valence-electron chi connectivity index (χ3n) is 2.68. The molecule has 76 valence electrons. The van der Waals surface area contributed by atoms with Gasteiger partial charge in [-0.15, -0.1) is 0 Å². The van der Waals surface area contributed by atoms with Crippen LogP contribution in [0.1, 0.15) is 12.8 Å². The van der Waals surface area contributed by atoms with Gasteiger partial charge in [-0.25, -0.2) is 0 Å². The maximum atomic E-state index is 6.15. The van der Waals surface area contributed by atoms with Crippen molar-refractivity contribution in [1.82, 2.24) is 3.11 Å². The summed E-state index contributed by atoms with van der Waals surface area (Å²) < 4.78 is 10.2. The Morgan fingerprint density at radius 2 is 2.14 bits per heavy atom. The molecule has 2 nitrogen and oxygen atoms in total. The number of fused-ring (bicyclic) bond motifs is 2. The van der Waals surface area contributed by atoms with Gasteiger partial charge in [0.15, 0.2) is 0 Å². The first-order valence-electron chi connectivity index (χ1n) is 5.11. The van der Waals surface area contributed by atoms with Crippen molar-refractivity contribution in [1.29, 1.82) is 0 Å². The van der Waals surface area contributed by atoms with Crippen molar-refractivity contribution < 1.29 is 3.07 Å². The average molecular weight is 303 g/mol. The SMILES string of the molecule is c1ccc(I2OC3CCCN2C3)cc1. The minimum absolute atomic E-state index is 0.550. The van der Waals surface area contributed by atoms with Crippen molar-refractivity contribution in [3.8, 4) is 0 Å². The van der Waals surface area contributed by atoms with Gasteiger partial charge in [0.1, 0.15) is 0 Å². The molecule has 0 radical (unpaired) electrons. The second kappa shape index (κ2) is 3.79. The summed E-state index contributed by atoms with van der Waals surface area (Å²) in [5.74, 6) is 0. The van der Waals surface area contributed by atoms with E-state index in [0.717, 1.165) is 0 Å². The van der Waals surface area contributed by atoms with E-state index in [1.54, 1.807) is 0 Å². The Balaban J connectivity index is 1.86. The third kappa shape index (κ3) is 1.57. The van der Waals surface area contributed by atoms with Crippen LogP contribution in [-0.4, -0.2) is 22.3 Å². The molecule has 1 aromatic carbocycles. The van der Waals surface area contributed by atoms with E-state index in [4.69, 9.17) is 3.07 Å². The molecule has 2 bridgehead atoms. The molecule has 0 saturated carbocycles. The summed E-state index contributed by atoms with van der Waals surface area (Å²) in [5, 5.41) is 0. The van der Waals surface area contributed by atoms with Gasteiger partial charge in [0.05, 0.1) is 0 Å². The van der Waals surface area contributed by atoms with Gasteiger partial charge in [-0.1, -0.05) is 0 Å². The van der Waals surface area contributed by atoms with Crippen LogP contribution in [0.25, 0.3) is 0 Å². The van der Waals surface area contributed by atoms with Gasteiger partial charge in [-0.2, -0.15) is 0 Å². The second-order valence-corrected chi connectivity index (χ2v) is 8.18. The molecule has 3 heteroatoms. The first kappa shape index (κ1) is 9.12. The van der Waals surface area contributed by atoms with Crippen LogP contribution in [0.5, 0.6) is 0 Å². The summed E-state index contributed by atoms with van der Waals surface area (Å²) in [6.45, 7) is 2.45. The molecule has 2 heterocycles. The van der Waals surface area contributed by atoms with E-state index >= 15 is 0 Å². The maximum absolute atomic E-state index is 6.15. The summed E-state index contributed by atoms with van der Waals surface area (Å²) in [6.07, 6.45) is 3.15. The van der Waals surface area contributed by atoms with Crippen LogP contribution in [0.2, 0.25) is 0 Å². The van der Waals surface area contributed by atoms with Gasteiger partial charge in [0.25, 0.3) is 0 Å².